The first-order chi connectivity index (χ1) is 21.5. The molecule has 0 aliphatic heterocycles. The zero-order valence-electron chi connectivity index (χ0n) is 29.3. The Morgan fingerprint density at radius 3 is 2.24 bits per heavy atom. The van der Waals surface area contributed by atoms with Crippen molar-refractivity contribution >= 4 is 24.8 Å². The summed E-state index contributed by atoms with van der Waals surface area (Å²) in [6, 6.07) is 2.27. The molecule has 1 aromatic carbocycles. The van der Waals surface area contributed by atoms with E-state index in [1.165, 1.54) is 27.9 Å². The fraction of sp³-hybridized carbons (Fsp3) is 0.341. The summed E-state index contributed by atoms with van der Waals surface area (Å²) in [5.74, 6) is 0.554. The summed E-state index contributed by atoms with van der Waals surface area (Å²) in [4.78, 5) is 0. The van der Waals surface area contributed by atoms with Crippen molar-refractivity contribution in [2.75, 3.05) is 0 Å². The van der Waals surface area contributed by atoms with Gasteiger partial charge in [-0.15, -0.1) is 6.58 Å². The maximum absolute atomic E-state index is 9.54. The standard InChI is InChI=1S/C44H55N/c1-13-17-21-23-32(6)44(33(7)24-22-18-14-2)42(26-20-16-4)36(10)37(11)43(44)29-41-38(12)39(25-19-15-3)34(8)35(9)40(41)28-27-31(5)30-45/h13,15-16,18-20,22,24-29,32,37H,1,3-4,9,14,17,21,23H2,2,5-8,10-12H3/b22-18-,25-19-,26-20-,31-27+,33-24+,40-28+,43-29+/t32?,37-,44?/m0/s1. The number of nitrogens with zero attached hydrogens (tertiary/aromatic N) is 1. The van der Waals surface area contributed by atoms with E-state index in [0.29, 0.717) is 11.5 Å². The third kappa shape index (κ3) is 7.93. The minimum Gasteiger partial charge on any atom is -0.193 e. The molecular weight excluding hydrogens is 542 g/mol. The van der Waals surface area contributed by atoms with E-state index in [2.05, 4.69) is 129 Å². The SMILES string of the molecule is C=C/C=C\C1=C(C)[C@H](C)/C(=C\c2c(C)c(/C=C\C=C)c(C)c(=C)/c2=C\C=C(/C)C#N)C1(/C(C)=C/C=C\CC)C(C)CCCC=C. The highest BCUT2D eigenvalue weighted by Crippen LogP contribution is 2.60. The van der Waals surface area contributed by atoms with Crippen molar-refractivity contribution in [1.82, 2.24) is 0 Å². The van der Waals surface area contributed by atoms with Crippen LogP contribution in [0.2, 0.25) is 0 Å². The zero-order chi connectivity index (χ0) is 33.7. The Balaban J connectivity index is 3.28. The lowest BCUT2D eigenvalue weighted by Gasteiger charge is -2.42. The normalized spacial score (nSPS) is 21.4. The van der Waals surface area contributed by atoms with E-state index in [0.717, 1.165) is 52.8 Å². The highest BCUT2D eigenvalue weighted by atomic mass is 14.5. The molecule has 0 amide bonds. The smallest absolute Gasteiger partial charge is 0.0944 e. The van der Waals surface area contributed by atoms with Gasteiger partial charge in [-0.1, -0.05) is 125 Å². The first-order valence-electron chi connectivity index (χ1n) is 16.4. The van der Waals surface area contributed by atoms with Crippen molar-refractivity contribution in [1.29, 1.82) is 5.26 Å². The number of nitriles is 1. The van der Waals surface area contributed by atoms with Crippen molar-refractivity contribution in [2.24, 2.45) is 17.3 Å². The molecule has 45 heavy (non-hydrogen) atoms. The van der Waals surface area contributed by atoms with Gasteiger partial charge in [0.1, 0.15) is 0 Å². The summed E-state index contributed by atoms with van der Waals surface area (Å²) >= 11 is 0. The van der Waals surface area contributed by atoms with Crippen molar-refractivity contribution < 1.29 is 0 Å². The molecule has 2 rings (SSSR count). The number of benzene rings is 1. The molecule has 0 heterocycles. The third-order valence-electron chi connectivity index (χ3n) is 9.60. The molecule has 0 fully saturated rings. The molecule has 0 saturated heterocycles. The lowest BCUT2D eigenvalue weighted by molar-refractivity contribution is 0.317. The average Bonchev–Trinajstić information content (AvgIpc) is 3.24. The predicted octanol–water partition coefficient (Wildman–Crippen LogP) is 11.1. The molecule has 1 aliphatic rings. The molecule has 236 valence electrons. The lowest BCUT2D eigenvalue weighted by Crippen LogP contribution is -2.34. The minimum absolute atomic E-state index is 0.222. The summed E-state index contributed by atoms with van der Waals surface area (Å²) in [7, 11) is 0. The molecule has 0 N–H and O–H groups in total. The summed E-state index contributed by atoms with van der Waals surface area (Å²) < 4.78 is 0. The van der Waals surface area contributed by atoms with Crippen molar-refractivity contribution in [3.63, 3.8) is 0 Å². The maximum atomic E-state index is 9.54. The second-order valence-corrected chi connectivity index (χ2v) is 12.3. The molecule has 1 aromatic rings. The second-order valence-electron chi connectivity index (χ2n) is 12.3. The topological polar surface area (TPSA) is 23.8 Å². The number of rotatable bonds is 14. The van der Waals surface area contributed by atoms with Gasteiger partial charge in [0.05, 0.1) is 6.07 Å². The summed E-state index contributed by atoms with van der Waals surface area (Å²) in [5, 5.41) is 11.6. The predicted molar refractivity (Wildman–Crippen MR) is 202 cm³/mol. The van der Waals surface area contributed by atoms with Gasteiger partial charge in [0.25, 0.3) is 0 Å². The molecule has 3 atom stereocenters. The van der Waals surface area contributed by atoms with Gasteiger partial charge in [-0.3, -0.25) is 0 Å². The van der Waals surface area contributed by atoms with Crippen LogP contribution in [-0.2, 0) is 0 Å². The molecular formula is C44H55N. The van der Waals surface area contributed by atoms with Gasteiger partial charge < -0.3 is 0 Å². The maximum Gasteiger partial charge on any atom is 0.0944 e. The van der Waals surface area contributed by atoms with E-state index in [9.17, 15) is 5.26 Å². The van der Waals surface area contributed by atoms with E-state index in [-0.39, 0.29) is 11.3 Å². The van der Waals surface area contributed by atoms with Gasteiger partial charge >= 0.3 is 0 Å². The number of allylic oxidation sites excluding steroid dienone is 15. The van der Waals surface area contributed by atoms with Crippen molar-refractivity contribution in [3.05, 3.63) is 141 Å². The number of hydrogen-bond donors (Lipinski definition) is 0. The van der Waals surface area contributed by atoms with E-state index in [1.807, 2.05) is 37.3 Å². The Kier molecular flexibility index (Phi) is 14.3. The van der Waals surface area contributed by atoms with Crippen LogP contribution in [0.5, 0.6) is 0 Å². The van der Waals surface area contributed by atoms with Gasteiger partial charge in [-0.05, 0) is 122 Å². The van der Waals surface area contributed by atoms with Crippen LogP contribution in [0, 0.1) is 42.4 Å². The fourth-order valence-electron chi connectivity index (χ4n) is 6.93. The van der Waals surface area contributed by atoms with Crippen molar-refractivity contribution in [2.45, 2.75) is 81.1 Å². The molecule has 2 unspecified atom stereocenters. The largest absolute Gasteiger partial charge is 0.193 e. The Bertz CT molecular complexity index is 1650. The zero-order valence-corrected chi connectivity index (χ0v) is 29.3. The molecule has 1 nitrogen and oxygen atoms in total. The van der Waals surface area contributed by atoms with Crippen LogP contribution in [-0.4, -0.2) is 0 Å². The first-order valence-corrected chi connectivity index (χ1v) is 16.4. The van der Waals surface area contributed by atoms with Crippen molar-refractivity contribution in [3.8, 4) is 6.07 Å². The monoisotopic (exact) mass is 597 g/mol. The van der Waals surface area contributed by atoms with Crippen LogP contribution in [0.3, 0.4) is 0 Å². The second kappa shape index (κ2) is 17.4. The molecule has 0 radical (unpaired) electrons. The van der Waals surface area contributed by atoms with Crippen LogP contribution < -0.4 is 10.4 Å². The Morgan fingerprint density at radius 1 is 0.978 bits per heavy atom. The summed E-state index contributed by atoms with van der Waals surface area (Å²) in [5.41, 5.74) is 10.5. The Morgan fingerprint density at radius 2 is 1.64 bits per heavy atom. The first kappa shape index (κ1) is 37.0. The van der Waals surface area contributed by atoms with E-state index < -0.39 is 0 Å². The van der Waals surface area contributed by atoms with Gasteiger partial charge in [-0.2, -0.15) is 5.26 Å². The number of hydrogen-bond acceptors (Lipinski definition) is 1. The van der Waals surface area contributed by atoms with Gasteiger partial charge in [0.15, 0.2) is 0 Å². The van der Waals surface area contributed by atoms with Crippen LogP contribution in [0.4, 0.5) is 0 Å². The fourth-order valence-corrected chi connectivity index (χ4v) is 6.93. The summed E-state index contributed by atoms with van der Waals surface area (Å²) in [6.07, 6.45) is 31.6. The van der Waals surface area contributed by atoms with Gasteiger partial charge in [-0.25, -0.2) is 0 Å². The Labute approximate surface area is 274 Å². The molecule has 0 aromatic heterocycles. The Hall–Kier alpha value is -4.15. The van der Waals surface area contributed by atoms with E-state index in [4.69, 9.17) is 0 Å². The van der Waals surface area contributed by atoms with E-state index >= 15 is 0 Å². The molecule has 0 spiro atoms. The van der Waals surface area contributed by atoms with E-state index in [1.54, 1.807) is 0 Å². The average molecular weight is 598 g/mol. The number of unbranched alkanes of at least 4 members (excludes halogenated alkanes) is 1. The van der Waals surface area contributed by atoms with Crippen LogP contribution in [0.25, 0.3) is 24.8 Å². The van der Waals surface area contributed by atoms with Gasteiger partial charge in [0, 0.05) is 11.0 Å². The third-order valence-corrected chi connectivity index (χ3v) is 9.60. The molecule has 1 heteroatoms. The molecule has 0 saturated carbocycles. The quantitative estimate of drug-likeness (QED) is 0.0905. The van der Waals surface area contributed by atoms with Crippen LogP contribution >= 0.6 is 0 Å². The highest BCUT2D eigenvalue weighted by molar-refractivity contribution is 5.74. The summed E-state index contributed by atoms with van der Waals surface area (Å²) in [6.45, 7) is 34.2. The molecule has 0 bridgehead atoms. The van der Waals surface area contributed by atoms with Gasteiger partial charge in [0.2, 0.25) is 0 Å². The van der Waals surface area contributed by atoms with Crippen LogP contribution in [0.15, 0.2) is 108 Å². The lowest BCUT2D eigenvalue weighted by atomic mass is 9.61. The highest BCUT2D eigenvalue weighted by Gasteiger charge is 2.50. The molecule has 1 aliphatic carbocycles. The van der Waals surface area contributed by atoms with Crippen LogP contribution in [0.1, 0.15) is 89.5 Å². The minimum atomic E-state index is -0.312.